The van der Waals surface area contributed by atoms with Gasteiger partial charge >= 0.3 is 0 Å². The summed E-state index contributed by atoms with van der Waals surface area (Å²) in [4.78, 5) is 0.0768. The van der Waals surface area contributed by atoms with E-state index in [1.807, 2.05) is 0 Å². The van der Waals surface area contributed by atoms with Crippen LogP contribution in [0.1, 0.15) is 5.56 Å². The number of halogens is 1. The molecule has 0 radical (unpaired) electrons. The van der Waals surface area contributed by atoms with E-state index in [1.54, 1.807) is 31.2 Å². The molecule has 0 amide bonds. The lowest BCUT2D eigenvalue weighted by Gasteiger charge is -2.14. The zero-order valence-corrected chi connectivity index (χ0v) is 14.0. The number of rotatable bonds is 5. The highest BCUT2D eigenvalue weighted by molar-refractivity contribution is 7.92. The second kappa shape index (κ2) is 6.46. The highest BCUT2D eigenvalue weighted by Crippen LogP contribution is 2.36. The number of anilines is 1. The molecule has 1 N–H and O–H groups in total. The topological polar surface area (TPSA) is 64.6 Å². The number of hydrogen-bond donors (Lipinski definition) is 1. The first-order chi connectivity index (χ1) is 10.4. The lowest BCUT2D eigenvalue weighted by atomic mass is 10.2. The van der Waals surface area contributed by atoms with Gasteiger partial charge in [0.25, 0.3) is 10.0 Å². The second-order valence-corrected chi connectivity index (χ2v) is 6.65. The van der Waals surface area contributed by atoms with Crippen molar-refractivity contribution in [3.8, 4) is 11.5 Å². The van der Waals surface area contributed by atoms with Crippen molar-refractivity contribution in [1.29, 1.82) is 0 Å². The largest absolute Gasteiger partial charge is 0.493 e. The van der Waals surface area contributed by atoms with Crippen LogP contribution in [0.25, 0.3) is 0 Å². The highest BCUT2D eigenvalue weighted by atomic mass is 35.5. The van der Waals surface area contributed by atoms with Gasteiger partial charge in [-0.05, 0) is 36.8 Å². The Kier molecular flexibility index (Phi) is 4.83. The van der Waals surface area contributed by atoms with Gasteiger partial charge in [-0.3, -0.25) is 4.72 Å². The molecule has 22 heavy (non-hydrogen) atoms. The summed E-state index contributed by atoms with van der Waals surface area (Å²) < 4.78 is 37.8. The molecule has 0 unspecified atom stereocenters. The van der Waals surface area contributed by atoms with Crippen molar-refractivity contribution in [2.75, 3.05) is 18.9 Å². The van der Waals surface area contributed by atoms with Crippen LogP contribution >= 0.6 is 11.6 Å². The molecule has 0 aliphatic rings. The van der Waals surface area contributed by atoms with E-state index in [0.717, 1.165) is 5.56 Å². The van der Waals surface area contributed by atoms with Gasteiger partial charge in [-0.1, -0.05) is 23.7 Å². The number of aryl methyl sites for hydroxylation is 1. The van der Waals surface area contributed by atoms with Gasteiger partial charge in [0.05, 0.1) is 24.8 Å². The lowest BCUT2D eigenvalue weighted by Crippen LogP contribution is -2.14. The van der Waals surface area contributed by atoms with Crippen molar-refractivity contribution in [3.63, 3.8) is 0 Å². The number of hydrogen-bond acceptors (Lipinski definition) is 4. The van der Waals surface area contributed by atoms with E-state index in [9.17, 15) is 8.42 Å². The summed E-state index contributed by atoms with van der Waals surface area (Å²) in [7, 11) is -0.855. The van der Waals surface area contributed by atoms with Crippen molar-refractivity contribution in [2.24, 2.45) is 0 Å². The summed E-state index contributed by atoms with van der Waals surface area (Å²) in [6.07, 6.45) is 0. The normalized spacial score (nSPS) is 11.1. The number of sulfonamides is 1. The van der Waals surface area contributed by atoms with Crippen LogP contribution < -0.4 is 14.2 Å². The Morgan fingerprint density at radius 2 is 1.82 bits per heavy atom. The summed E-state index contributed by atoms with van der Waals surface area (Å²) in [5.41, 5.74) is 1.10. The molecule has 0 saturated heterocycles. The number of nitrogens with one attached hydrogen (secondary N) is 1. The Bertz CT molecular complexity index is 790. The summed E-state index contributed by atoms with van der Waals surface area (Å²) in [5, 5.41) is 0.389. The standard InChI is InChI=1S/C15H16ClNO4S/c1-10-7-8-11(9-12(10)16)22(18,19)17-13-5-4-6-14(20-2)15(13)21-3/h4-9,17H,1-3H3. The smallest absolute Gasteiger partial charge is 0.262 e. The quantitative estimate of drug-likeness (QED) is 0.904. The number of ether oxygens (including phenoxy) is 2. The Labute approximate surface area is 134 Å². The maximum absolute atomic E-state index is 12.5. The van der Waals surface area contributed by atoms with E-state index in [0.29, 0.717) is 22.2 Å². The zero-order chi connectivity index (χ0) is 16.3. The molecule has 0 aromatic heterocycles. The van der Waals surface area contributed by atoms with Crippen molar-refractivity contribution in [3.05, 3.63) is 47.0 Å². The minimum Gasteiger partial charge on any atom is -0.493 e. The Hall–Kier alpha value is -1.92. The molecule has 0 aliphatic carbocycles. The fraction of sp³-hybridized carbons (Fsp3) is 0.200. The molecule has 0 aliphatic heterocycles. The second-order valence-electron chi connectivity index (χ2n) is 4.56. The molecule has 118 valence electrons. The molecule has 2 aromatic carbocycles. The van der Waals surface area contributed by atoms with E-state index in [-0.39, 0.29) is 4.90 Å². The number of para-hydroxylation sites is 1. The minimum absolute atomic E-state index is 0.0768. The highest BCUT2D eigenvalue weighted by Gasteiger charge is 2.19. The summed E-state index contributed by atoms with van der Waals surface area (Å²) in [6, 6.07) is 9.50. The van der Waals surface area contributed by atoms with Crippen LogP contribution in [-0.2, 0) is 10.0 Å². The van der Waals surface area contributed by atoms with E-state index < -0.39 is 10.0 Å². The van der Waals surface area contributed by atoms with Gasteiger partial charge < -0.3 is 9.47 Å². The van der Waals surface area contributed by atoms with Crippen molar-refractivity contribution >= 4 is 27.3 Å². The molecular weight excluding hydrogens is 326 g/mol. The number of methoxy groups -OCH3 is 2. The first-order valence-electron chi connectivity index (χ1n) is 6.39. The van der Waals surface area contributed by atoms with Crippen molar-refractivity contribution in [1.82, 2.24) is 0 Å². The zero-order valence-electron chi connectivity index (χ0n) is 12.4. The van der Waals surface area contributed by atoms with E-state index >= 15 is 0 Å². The van der Waals surface area contributed by atoms with Gasteiger partial charge in [0, 0.05) is 5.02 Å². The van der Waals surface area contributed by atoms with Crippen LogP contribution in [0.15, 0.2) is 41.3 Å². The van der Waals surface area contributed by atoms with Crippen LogP contribution in [0.2, 0.25) is 5.02 Å². The van der Waals surface area contributed by atoms with Crippen LogP contribution in [0.5, 0.6) is 11.5 Å². The molecule has 5 nitrogen and oxygen atoms in total. The SMILES string of the molecule is COc1cccc(NS(=O)(=O)c2ccc(C)c(Cl)c2)c1OC. The van der Waals surface area contributed by atoms with E-state index in [2.05, 4.69) is 4.72 Å². The molecule has 2 rings (SSSR count). The minimum atomic E-state index is -3.78. The van der Waals surface area contributed by atoms with Crippen molar-refractivity contribution < 1.29 is 17.9 Å². The van der Waals surface area contributed by atoms with Gasteiger partial charge in [-0.2, -0.15) is 0 Å². The fourth-order valence-electron chi connectivity index (χ4n) is 1.91. The monoisotopic (exact) mass is 341 g/mol. The van der Waals surface area contributed by atoms with E-state index in [4.69, 9.17) is 21.1 Å². The van der Waals surface area contributed by atoms with E-state index in [1.165, 1.54) is 26.4 Å². The maximum atomic E-state index is 12.5. The first kappa shape index (κ1) is 16.5. The van der Waals surface area contributed by atoms with Gasteiger partial charge in [0.15, 0.2) is 11.5 Å². The van der Waals surface area contributed by atoms with Crippen LogP contribution in [-0.4, -0.2) is 22.6 Å². The molecule has 0 spiro atoms. The molecule has 0 atom stereocenters. The third-order valence-corrected chi connectivity index (χ3v) is 4.87. The Morgan fingerprint density at radius 1 is 1.09 bits per heavy atom. The van der Waals surface area contributed by atoms with Gasteiger partial charge in [0.2, 0.25) is 0 Å². The predicted molar refractivity (Wildman–Crippen MR) is 86.5 cm³/mol. The average Bonchev–Trinajstić information content (AvgIpc) is 2.49. The molecule has 0 saturated carbocycles. The lowest BCUT2D eigenvalue weighted by molar-refractivity contribution is 0.356. The molecule has 0 heterocycles. The Morgan fingerprint density at radius 3 is 2.41 bits per heavy atom. The summed E-state index contributed by atoms with van der Waals surface area (Å²) in [6.45, 7) is 1.80. The fourth-order valence-corrected chi connectivity index (χ4v) is 3.25. The number of benzene rings is 2. The molecule has 0 bridgehead atoms. The third kappa shape index (κ3) is 3.28. The van der Waals surface area contributed by atoms with Crippen LogP contribution in [0.4, 0.5) is 5.69 Å². The predicted octanol–water partition coefficient (Wildman–Crippen LogP) is 3.47. The van der Waals surface area contributed by atoms with Gasteiger partial charge in [-0.25, -0.2) is 8.42 Å². The third-order valence-electron chi connectivity index (χ3n) is 3.10. The van der Waals surface area contributed by atoms with Gasteiger partial charge in [-0.15, -0.1) is 0 Å². The first-order valence-corrected chi connectivity index (χ1v) is 8.25. The maximum Gasteiger partial charge on any atom is 0.262 e. The van der Waals surface area contributed by atoms with Crippen LogP contribution in [0, 0.1) is 6.92 Å². The molecular formula is C15H16ClNO4S. The molecule has 0 fully saturated rings. The summed E-state index contributed by atoms with van der Waals surface area (Å²) in [5.74, 6) is 0.747. The summed E-state index contributed by atoms with van der Waals surface area (Å²) >= 11 is 5.99. The van der Waals surface area contributed by atoms with Gasteiger partial charge in [0.1, 0.15) is 0 Å². The van der Waals surface area contributed by atoms with Crippen molar-refractivity contribution in [2.45, 2.75) is 11.8 Å². The average molecular weight is 342 g/mol. The Balaban J connectivity index is 2.43. The molecule has 7 heteroatoms. The van der Waals surface area contributed by atoms with Crippen LogP contribution in [0.3, 0.4) is 0 Å². The molecule has 2 aromatic rings.